The molecule has 1 N–H and O–H groups in total. The van der Waals surface area contributed by atoms with Gasteiger partial charge < -0.3 is 15.0 Å². The van der Waals surface area contributed by atoms with Crippen LogP contribution < -0.4 is 10.1 Å². The Morgan fingerprint density at radius 3 is 2.38 bits per heavy atom. The summed E-state index contributed by atoms with van der Waals surface area (Å²) in [6.45, 7) is 3.40. The summed E-state index contributed by atoms with van der Waals surface area (Å²) in [7, 11) is 4.21. The second kappa shape index (κ2) is 12.9. The topological polar surface area (TPSA) is 24.5 Å². The monoisotopic (exact) mass is 454 g/mol. The second-order valence-corrected chi connectivity index (χ2v) is 7.45. The first-order valence-corrected chi connectivity index (χ1v) is 9.74. The molecule has 29 heavy (non-hydrogen) atoms. The number of halogens is 3. The van der Waals surface area contributed by atoms with Crippen molar-refractivity contribution >= 4 is 47.2 Å². The maximum Gasteiger partial charge on any atom is 0.124 e. The van der Waals surface area contributed by atoms with Crippen LogP contribution in [0.1, 0.15) is 17.5 Å². The number of fused-ring (bicyclic) bond motifs is 1. The van der Waals surface area contributed by atoms with Crippen molar-refractivity contribution in [3.8, 4) is 5.75 Å². The van der Waals surface area contributed by atoms with Crippen LogP contribution in [0.15, 0.2) is 60.7 Å². The van der Waals surface area contributed by atoms with Gasteiger partial charge >= 0.3 is 0 Å². The molecule has 3 nitrogen and oxygen atoms in total. The number of nitrogens with one attached hydrogen (secondary N) is 1. The molecule has 3 aromatic rings. The predicted octanol–water partition coefficient (Wildman–Crippen LogP) is 5.96. The van der Waals surface area contributed by atoms with Gasteiger partial charge in [0.2, 0.25) is 0 Å². The molecule has 0 aliphatic carbocycles. The zero-order valence-corrected chi connectivity index (χ0v) is 19.2. The molecule has 0 heterocycles. The molecular formula is C23H29Cl3N2O. The number of ether oxygens (including phenoxy) is 1. The van der Waals surface area contributed by atoms with Crippen LogP contribution in [0.5, 0.6) is 5.75 Å². The standard InChI is InChI=1S/C23H27ClN2O.2ClH/c1-26(2)15-5-14-25-16-22-21-7-4-3-6-19(21)10-13-23(22)27-17-18-8-11-20(24)12-9-18;;/h3-4,6-13,25H,5,14-17H2,1-2H3;2*1H. The minimum absolute atomic E-state index is 0. The number of hydrogen-bond acceptors (Lipinski definition) is 3. The first-order chi connectivity index (χ1) is 13.1. The molecule has 0 saturated carbocycles. The fraction of sp³-hybridized carbons (Fsp3) is 0.304. The van der Waals surface area contributed by atoms with Crippen molar-refractivity contribution in [1.82, 2.24) is 10.2 Å². The Morgan fingerprint density at radius 1 is 0.931 bits per heavy atom. The van der Waals surface area contributed by atoms with E-state index in [2.05, 4.69) is 60.7 Å². The zero-order valence-electron chi connectivity index (χ0n) is 16.9. The summed E-state index contributed by atoms with van der Waals surface area (Å²) < 4.78 is 6.18. The molecule has 3 rings (SSSR count). The van der Waals surface area contributed by atoms with E-state index in [0.717, 1.165) is 42.4 Å². The highest BCUT2D eigenvalue weighted by Crippen LogP contribution is 2.29. The van der Waals surface area contributed by atoms with Crippen molar-refractivity contribution in [2.45, 2.75) is 19.6 Å². The normalized spacial score (nSPS) is 10.5. The van der Waals surface area contributed by atoms with E-state index in [4.69, 9.17) is 16.3 Å². The second-order valence-electron chi connectivity index (χ2n) is 7.01. The molecule has 158 valence electrons. The fourth-order valence-corrected chi connectivity index (χ4v) is 3.23. The van der Waals surface area contributed by atoms with Gasteiger partial charge in [-0.25, -0.2) is 0 Å². The van der Waals surface area contributed by atoms with Crippen LogP contribution >= 0.6 is 36.4 Å². The summed E-state index contributed by atoms with van der Waals surface area (Å²) in [6.07, 6.45) is 1.12. The Kier molecular flexibility index (Phi) is 11.4. The van der Waals surface area contributed by atoms with Gasteiger partial charge in [0, 0.05) is 17.1 Å². The third-order valence-electron chi connectivity index (χ3n) is 4.57. The SMILES string of the molecule is CN(C)CCCNCc1c(OCc2ccc(Cl)cc2)ccc2ccccc12.Cl.Cl. The summed E-state index contributed by atoms with van der Waals surface area (Å²) in [5.41, 5.74) is 2.32. The molecule has 0 fully saturated rings. The first kappa shape index (κ1) is 25.5. The Hall–Kier alpha value is -1.49. The largest absolute Gasteiger partial charge is 0.489 e. The lowest BCUT2D eigenvalue weighted by atomic mass is 10.0. The number of nitrogens with zero attached hydrogens (tertiary/aromatic N) is 1. The highest BCUT2D eigenvalue weighted by Gasteiger charge is 2.09. The van der Waals surface area contributed by atoms with Gasteiger partial charge in [0.05, 0.1) is 0 Å². The summed E-state index contributed by atoms with van der Waals surface area (Å²) >= 11 is 5.97. The molecule has 0 atom stereocenters. The van der Waals surface area contributed by atoms with Crippen LogP contribution in [0.4, 0.5) is 0 Å². The fourth-order valence-electron chi connectivity index (χ4n) is 3.11. The van der Waals surface area contributed by atoms with E-state index < -0.39 is 0 Å². The molecule has 0 aliphatic heterocycles. The number of rotatable bonds is 9. The number of benzene rings is 3. The van der Waals surface area contributed by atoms with Crippen LogP contribution in [-0.2, 0) is 13.2 Å². The van der Waals surface area contributed by atoms with Crippen molar-refractivity contribution in [2.75, 3.05) is 27.2 Å². The van der Waals surface area contributed by atoms with Crippen molar-refractivity contribution in [1.29, 1.82) is 0 Å². The lowest BCUT2D eigenvalue weighted by Crippen LogP contribution is -2.21. The maximum absolute atomic E-state index is 6.18. The van der Waals surface area contributed by atoms with Gasteiger partial charge in [-0.3, -0.25) is 0 Å². The average Bonchev–Trinajstić information content (AvgIpc) is 2.67. The van der Waals surface area contributed by atoms with Gasteiger partial charge in [0.25, 0.3) is 0 Å². The van der Waals surface area contributed by atoms with Crippen LogP contribution in [0, 0.1) is 0 Å². The van der Waals surface area contributed by atoms with E-state index >= 15 is 0 Å². The average molecular weight is 456 g/mol. The van der Waals surface area contributed by atoms with Crippen LogP contribution in [-0.4, -0.2) is 32.1 Å². The van der Waals surface area contributed by atoms with Gasteiger partial charge in [-0.2, -0.15) is 0 Å². The molecule has 0 radical (unpaired) electrons. The van der Waals surface area contributed by atoms with E-state index in [1.54, 1.807) is 0 Å². The molecule has 0 unspecified atom stereocenters. The third kappa shape index (κ3) is 7.69. The molecular weight excluding hydrogens is 427 g/mol. The lowest BCUT2D eigenvalue weighted by molar-refractivity contribution is 0.302. The van der Waals surface area contributed by atoms with Gasteiger partial charge in [-0.05, 0) is 68.1 Å². The molecule has 0 saturated heterocycles. The maximum atomic E-state index is 6.18. The molecule has 0 aliphatic rings. The highest BCUT2D eigenvalue weighted by atomic mass is 35.5. The van der Waals surface area contributed by atoms with E-state index in [1.165, 1.54) is 16.3 Å². The predicted molar refractivity (Wildman–Crippen MR) is 129 cm³/mol. The Morgan fingerprint density at radius 2 is 1.66 bits per heavy atom. The summed E-state index contributed by atoms with van der Waals surface area (Å²) in [5, 5.41) is 6.79. The molecule has 0 aromatic heterocycles. The van der Waals surface area contributed by atoms with Gasteiger partial charge in [-0.1, -0.05) is 54.1 Å². The van der Waals surface area contributed by atoms with Crippen LogP contribution in [0.2, 0.25) is 5.02 Å². The zero-order chi connectivity index (χ0) is 19.1. The third-order valence-corrected chi connectivity index (χ3v) is 4.82. The van der Waals surface area contributed by atoms with E-state index in [-0.39, 0.29) is 24.8 Å². The molecule has 0 bridgehead atoms. The number of hydrogen-bond donors (Lipinski definition) is 1. The Bertz CT molecular complexity index is 870. The van der Waals surface area contributed by atoms with E-state index in [0.29, 0.717) is 6.61 Å². The minimum Gasteiger partial charge on any atom is -0.489 e. The lowest BCUT2D eigenvalue weighted by Gasteiger charge is -2.16. The molecule has 0 spiro atoms. The Balaban J connectivity index is 0.00000210. The van der Waals surface area contributed by atoms with Crippen molar-refractivity contribution in [2.24, 2.45) is 0 Å². The molecule has 0 amide bonds. The highest BCUT2D eigenvalue weighted by molar-refractivity contribution is 6.30. The minimum atomic E-state index is 0. The van der Waals surface area contributed by atoms with Gasteiger partial charge in [0.1, 0.15) is 12.4 Å². The van der Waals surface area contributed by atoms with Crippen molar-refractivity contribution in [3.05, 3.63) is 76.8 Å². The molecule has 3 aromatic carbocycles. The van der Waals surface area contributed by atoms with Crippen LogP contribution in [0.25, 0.3) is 10.8 Å². The smallest absolute Gasteiger partial charge is 0.124 e. The van der Waals surface area contributed by atoms with E-state index in [1.807, 2.05) is 24.3 Å². The summed E-state index contributed by atoms with van der Waals surface area (Å²) in [6, 6.07) is 20.5. The van der Waals surface area contributed by atoms with E-state index in [9.17, 15) is 0 Å². The first-order valence-electron chi connectivity index (χ1n) is 9.37. The summed E-state index contributed by atoms with van der Waals surface area (Å²) in [5.74, 6) is 0.934. The summed E-state index contributed by atoms with van der Waals surface area (Å²) in [4.78, 5) is 2.21. The Labute approximate surface area is 191 Å². The quantitative estimate of drug-likeness (QED) is 0.403. The van der Waals surface area contributed by atoms with Gasteiger partial charge in [-0.15, -0.1) is 24.8 Å². The molecule has 6 heteroatoms. The van der Waals surface area contributed by atoms with Gasteiger partial charge in [0.15, 0.2) is 0 Å². The van der Waals surface area contributed by atoms with Crippen molar-refractivity contribution in [3.63, 3.8) is 0 Å². The van der Waals surface area contributed by atoms with Crippen LogP contribution in [0.3, 0.4) is 0 Å². The van der Waals surface area contributed by atoms with Crippen molar-refractivity contribution < 1.29 is 4.74 Å².